The molecule has 1 aromatic rings. The third-order valence-electron chi connectivity index (χ3n) is 5.10. The predicted molar refractivity (Wildman–Crippen MR) is 86.2 cm³/mol. The van der Waals surface area contributed by atoms with E-state index in [-0.39, 0.29) is 19.5 Å². The quantitative estimate of drug-likeness (QED) is 0.577. The molecule has 0 spiro atoms. The number of alkyl halides is 3. The zero-order valence-electron chi connectivity index (χ0n) is 14.0. The van der Waals surface area contributed by atoms with E-state index in [1.54, 1.807) is 0 Å². The highest BCUT2D eigenvalue weighted by molar-refractivity contribution is 6.31. The van der Waals surface area contributed by atoms with Crippen molar-refractivity contribution in [2.24, 2.45) is 11.8 Å². The third-order valence-corrected chi connectivity index (χ3v) is 5.44. The number of carbonyl (C=O) groups excluding carboxylic acids is 2. The van der Waals surface area contributed by atoms with E-state index < -0.39 is 57.8 Å². The molecule has 0 unspecified atom stereocenters. The van der Waals surface area contributed by atoms with Crippen LogP contribution in [0.5, 0.6) is 0 Å². The van der Waals surface area contributed by atoms with Crippen molar-refractivity contribution in [1.29, 1.82) is 0 Å². The molecule has 0 radical (unpaired) electrons. The minimum atomic E-state index is -4.48. The van der Waals surface area contributed by atoms with E-state index in [2.05, 4.69) is 10.6 Å². The lowest BCUT2D eigenvalue weighted by molar-refractivity contribution is -0.158. The molecule has 1 saturated heterocycles. The first-order valence-electron chi connectivity index (χ1n) is 8.05. The summed E-state index contributed by atoms with van der Waals surface area (Å²) < 4.78 is 66.3. The summed E-state index contributed by atoms with van der Waals surface area (Å²) in [5, 5.41) is 3.80. The summed E-state index contributed by atoms with van der Waals surface area (Å²) in [6, 6.07) is 0.802. The molecule has 3 amide bonds. The Labute approximate surface area is 155 Å². The molecule has 3 rings (SSSR count). The van der Waals surface area contributed by atoms with Crippen molar-refractivity contribution in [3.8, 4) is 0 Å². The van der Waals surface area contributed by atoms with Gasteiger partial charge in [0.15, 0.2) is 5.82 Å². The molecule has 2 aliphatic rings. The third kappa shape index (κ3) is 3.30. The number of anilines is 1. The van der Waals surface area contributed by atoms with Crippen molar-refractivity contribution < 1.29 is 31.5 Å². The van der Waals surface area contributed by atoms with Crippen LogP contribution < -0.4 is 10.6 Å². The molecule has 11 heteroatoms. The smallest absolute Gasteiger partial charge is 0.352 e. The first-order chi connectivity index (χ1) is 12.5. The Hall–Kier alpha value is -2.10. The van der Waals surface area contributed by atoms with Crippen LogP contribution in [0, 0.1) is 23.5 Å². The SMILES string of the molecule is C[C@@]1([C@@H]2C[C@H]2C(F)(F)F)C(=O)NCCN1C(=O)Nc1ccc(F)c(Cl)c1F. The van der Waals surface area contributed by atoms with Crippen molar-refractivity contribution in [3.63, 3.8) is 0 Å². The number of carbonyl (C=O) groups is 2. The van der Waals surface area contributed by atoms with Gasteiger partial charge >= 0.3 is 12.2 Å². The number of rotatable bonds is 2. The van der Waals surface area contributed by atoms with Gasteiger partial charge in [-0.1, -0.05) is 11.6 Å². The Kier molecular flexibility index (Phi) is 4.73. The highest BCUT2D eigenvalue weighted by Gasteiger charge is 2.67. The van der Waals surface area contributed by atoms with E-state index in [1.165, 1.54) is 6.92 Å². The van der Waals surface area contributed by atoms with Gasteiger partial charge < -0.3 is 15.5 Å². The fraction of sp³-hybridized carbons (Fsp3) is 0.500. The molecular formula is C16H15ClF5N3O2. The molecule has 1 heterocycles. The Morgan fingerprint density at radius 3 is 2.63 bits per heavy atom. The van der Waals surface area contributed by atoms with E-state index in [9.17, 15) is 31.5 Å². The topological polar surface area (TPSA) is 61.4 Å². The molecule has 1 saturated carbocycles. The second-order valence-electron chi connectivity index (χ2n) is 6.70. The first-order valence-corrected chi connectivity index (χ1v) is 8.42. The molecule has 27 heavy (non-hydrogen) atoms. The number of hydrogen-bond donors (Lipinski definition) is 2. The summed E-state index contributed by atoms with van der Waals surface area (Å²) in [6.07, 6.45) is -4.77. The molecule has 3 atom stereocenters. The number of urea groups is 1. The summed E-state index contributed by atoms with van der Waals surface area (Å²) in [4.78, 5) is 25.9. The Bertz CT molecular complexity index is 803. The summed E-state index contributed by atoms with van der Waals surface area (Å²) in [7, 11) is 0. The van der Waals surface area contributed by atoms with Gasteiger partial charge in [-0.3, -0.25) is 4.79 Å². The number of halogens is 6. The molecule has 0 bridgehead atoms. The van der Waals surface area contributed by atoms with Crippen LogP contribution in [-0.4, -0.2) is 41.6 Å². The normalized spacial score (nSPS) is 28.0. The van der Waals surface area contributed by atoms with Crippen LogP contribution in [-0.2, 0) is 4.79 Å². The van der Waals surface area contributed by atoms with Crippen LogP contribution in [0.2, 0.25) is 5.02 Å². The second-order valence-corrected chi connectivity index (χ2v) is 7.08. The molecule has 148 valence electrons. The lowest BCUT2D eigenvalue weighted by Crippen LogP contribution is -2.67. The van der Waals surface area contributed by atoms with Crippen LogP contribution in [0.3, 0.4) is 0 Å². The van der Waals surface area contributed by atoms with Crippen molar-refractivity contribution in [2.75, 3.05) is 18.4 Å². The second kappa shape index (κ2) is 6.50. The minimum absolute atomic E-state index is 0.0396. The maximum Gasteiger partial charge on any atom is 0.392 e. The van der Waals surface area contributed by atoms with E-state index in [4.69, 9.17) is 11.6 Å². The molecule has 5 nitrogen and oxygen atoms in total. The van der Waals surface area contributed by atoms with Gasteiger partial charge in [-0.2, -0.15) is 13.2 Å². The van der Waals surface area contributed by atoms with Crippen LogP contribution in [0.25, 0.3) is 0 Å². The fourth-order valence-electron chi connectivity index (χ4n) is 3.48. The van der Waals surface area contributed by atoms with Crippen LogP contribution >= 0.6 is 11.6 Å². The maximum absolute atomic E-state index is 14.0. The first kappa shape index (κ1) is 19.7. The number of nitrogens with zero attached hydrogens (tertiary/aromatic N) is 1. The summed E-state index contributed by atoms with van der Waals surface area (Å²) >= 11 is 5.46. The largest absolute Gasteiger partial charge is 0.392 e. The van der Waals surface area contributed by atoms with E-state index in [1.807, 2.05) is 0 Å². The fourth-order valence-corrected chi connectivity index (χ4v) is 3.64. The van der Waals surface area contributed by atoms with Crippen LogP contribution in [0.4, 0.5) is 32.4 Å². The van der Waals surface area contributed by atoms with Crippen LogP contribution in [0.15, 0.2) is 12.1 Å². The van der Waals surface area contributed by atoms with Crippen molar-refractivity contribution >= 4 is 29.2 Å². The average molecular weight is 412 g/mol. The van der Waals surface area contributed by atoms with Crippen LogP contribution in [0.1, 0.15) is 13.3 Å². The zero-order chi connectivity index (χ0) is 20.1. The summed E-state index contributed by atoms with van der Waals surface area (Å²) in [5.41, 5.74) is -2.19. The summed E-state index contributed by atoms with van der Waals surface area (Å²) in [5.74, 6) is -5.75. The molecule has 0 aromatic heterocycles. The number of piperazine rings is 1. The van der Waals surface area contributed by atoms with E-state index in [0.29, 0.717) is 0 Å². The Balaban J connectivity index is 1.86. The van der Waals surface area contributed by atoms with Gasteiger partial charge in [-0.05, 0) is 25.5 Å². The lowest BCUT2D eigenvalue weighted by Gasteiger charge is -2.44. The average Bonchev–Trinajstić information content (AvgIpc) is 3.39. The van der Waals surface area contributed by atoms with Crippen molar-refractivity contribution in [1.82, 2.24) is 10.2 Å². The number of hydrogen-bond acceptors (Lipinski definition) is 2. The minimum Gasteiger partial charge on any atom is -0.352 e. The van der Waals surface area contributed by atoms with Crippen molar-refractivity contribution in [3.05, 3.63) is 28.8 Å². The Morgan fingerprint density at radius 2 is 2.04 bits per heavy atom. The van der Waals surface area contributed by atoms with Gasteiger partial charge in [-0.15, -0.1) is 0 Å². The molecule has 1 aliphatic carbocycles. The molecule has 1 aliphatic heterocycles. The van der Waals surface area contributed by atoms with Gasteiger partial charge in [-0.25, -0.2) is 13.6 Å². The molecule has 1 aromatic carbocycles. The number of nitrogens with one attached hydrogen (secondary N) is 2. The Morgan fingerprint density at radius 1 is 1.37 bits per heavy atom. The van der Waals surface area contributed by atoms with Gasteiger partial charge in [0.25, 0.3) is 0 Å². The lowest BCUT2D eigenvalue weighted by atomic mass is 9.89. The van der Waals surface area contributed by atoms with Gasteiger partial charge in [0, 0.05) is 19.0 Å². The molecular weight excluding hydrogens is 397 g/mol. The molecule has 2 N–H and O–H groups in total. The highest BCUT2D eigenvalue weighted by atomic mass is 35.5. The van der Waals surface area contributed by atoms with Gasteiger partial charge in [0.05, 0.1) is 11.6 Å². The highest BCUT2D eigenvalue weighted by Crippen LogP contribution is 2.57. The number of benzene rings is 1. The maximum atomic E-state index is 14.0. The molecule has 2 fully saturated rings. The van der Waals surface area contributed by atoms with Crippen molar-refractivity contribution in [2.45, 2.75) is 25.1 Å². The standard InChI is InChI=1S/C16H15ClF5N3O2/c1-15(7-6-8(7)16(20,21)22)13(26)23-4-5-25(15)14(27)24-10-3-2-9(18)11(17)12(10)19/h2-3,7-8H,4-6H2,1H3,(H,23,26)(H,24,27)/t7-,8-,15-/m1/s1. The predicted octanol–water partition coefficient (Wildman–Crippen LogP) is 3.54. The van der Waals surface area contributed by atoms with Gasteiger partial charge in [0.2, 0.25) is 5.91 Å². The zero-order valence-corrected chi connectivity index (χ0v) is 14.7. The van der Waals surface area contributed by atoms with Gasteiger partial charge in [0.1, 0.15) is 16.4 Å². The summed E-state index contributed by atoms with van der Waals surface area (Å²) in [6.45, 7) is 1.23. The number of amides is 3. The van der Waals surface area contributed by atoms with E-state index >= 15 is 0 Å². The van der Waals surface area contributed by atoms with E-state index in [0.717, 1.165) is 17.0 Å². The monoisotopic (exact) mass is 411 g/mol.